The van der Waals surface area contributed by atoms with Crippen LogP contribution in [0.3, 0.4) is 0 Å². The van der Waals surface area contributed by atoms with E-state index in [2.05, 4.69) is 44.9 Å². The number of nitrogens with zero attached hydrogens (tertiary/aromatic N) is 5. The van der Waals surface area contributed by atoms with Gasteiger partial charge in [-0.3, -0.25) is 19.2 Å². The number of hydrogen-bond acceptors (Lipinski definition) is 5. The van der Waals surface area contributed by atoms with Gasteiger partial charge in [-0.15, -0.1) is 0 Å². The number of H-pyrrole nitrogens is 1. The van der Waals surface area contributed by atoms with Crippen LogP contribution >= 0.6 is 0 Å². The van der Waals surface area contributed by atoms with Gasteiger partial charge in [0.05, 0.1) is 28.7 Å². The molecule has 0 aliphatic carbocycles. The lowest BCUT2D eigenvalue weighted by Gasteiger charge is -2.40. The first-order valence-electron chi connectivity index (χ1n) is 13.1. The van der Waals surface area contributed by atoms with Gasteiger partial charge < -0.3 is 19.2 Å². The van der Waals surface area contributed by atoms with Crippen LogP contribution in [-0.2, 0) is 18.3 Å². The third-order valence-electron chi connectivity index (χ3n) is 8.01. The first kappa shape index (κ1) is 23.9. The number of amides is 1. The van der Waals surface area contributed by atoms with Crippen LogP contribution < -0.4 is 5.56 Å². The molecule has 37 heavy (non-hydrogen) atoms. The van der Waals surface area contributed by atoms with Crippen molar-refractivity contribution in [2.75, 3.05) is 32.8 Å². The molecule has 0 radical (unpaired) electrons. The Morgan fingerprint density at radius 1 is 1.19 bits per heavy atom. The van der Waals surface area contributed by atoms with Crippen molar-refractivity contribution in [1.82, 2.24) is 29.1 Å². The van der Waals surface area contributed by atoms with Gasteiger partial charge in [0, 0.05) is 75.8 Å². The van der Waals surface area contributed by atoms with Gasteiger partial charge in [0.2, 0.25) is 0 Å². The summed E-state index contributed by atoms with van der Waals surface area (Å²) in [6.07, 6.45) is 7.58. The van der Waals surface area contributed by atoms with Gasteiger partial charge >= 0.3 is 0 Å². The summed E-state index contributed by atoms with van der Waals surface area (Å²) < 4.78 is 9.59. The van der Waals surface area contributed by atoms with Crippen LogP contribution in [0.25, 0.3) is 21.8 Å². The molecule has 2 saturated heterocycles. The SMILES string of the molecule is Cc1cc2[nH]c(=O)c3cnn(C4CCOCC4)c3c2cc1C(=O)N1CCN(Cc2ccn(C)c2)[C@@H](C)C1. The topological polar surface area (TPSA) is 88.4 Å². The number of carbonyl (C=O) groups is 1. The fraction of sp³-hybridized carbons (Fsp3) is 0.464. The smallest absolute Gasteiger partial charge is 0.259 e. The van der Waals surface area contributed by atoms with Crippen LogP contribution in [0.2, 0.25) is 0 Å². The molecule has 0 unspecified atom stereocenters. The largest absolute Gasteiger partial charge is 0.381 e. The Bertz CT molecular complexity index is 1530. The van der Waals surface area contributed by atoms with Crippen molar-refractivity contribution in [2.24, 2.45) is 7.05 Å². The summed E-state index contributed by atoms with van der Waals surface area (Å²) in [7, 11) is 2.04. The molecule has 0 saturated carbocycles. The number of aryl methyl sites for hydroxylation is 2. The van der Waals surface area contributed by atoms with Crippen molar-refractivity contribution in [3.8, 4) is 0 Å². The maximum atomic E-state index is 13.8. The number of rotatable bonds is 4. The number of carbonyl (C=O) groups excluding carboxylic acids is 1. The first-order chi connectivity index (χ1) is 17.9. The fourth-order valence-electron chi connectivity index (χ4n) is 5.90. The summed E-state index contributed by atoms with van der Waals surface area (Å²) in [4.78, 5) is 34.1. The minimum absolute atomic E-state index is 0.0436. The second kappa shape index (κ2) is 9.46. The summed E-state index contributed by atoms with van der Waals surface area (Å²) in [6.45, 7) is 8.60. The summed E-state index contributed by atoms with van der Waals surface area (Å²) in [5, 5.41) is 6.03. The number of fused-ring (bicyclic) bond motifs is 3. The highest BCUT2D eigenvalue weighted by molar-refractivity contribution is 6.07. The van der Waals surface area contributed by atoms with E-state index in [1.807, 2.05) is 35.7 Å². The van der Waals surface area contributed by atoms with Gasteiger partial charge in [-0.05, 0) is 56.0 Å². The van der Waals surface area contributed by atoms with Crippen LogP contribution in [-0.4, -0.2) is 73.9 Å². The lowest BCUT2D eigenvalue weighted by molar-refractivity contribution is 0.0495. The monoisotopic (exact) mass is 502 g/mol. The number of nitrogens with one attached hydrogen (secondary N) is 1. The van der Waals surface area contributed by atoms with Crippen LogP contribution in [0, 0.1) is 6.92 Å². The Morgan fingerprint density at radius 3 is 2.73 bits per heavy atom. The predicted molar refractivity (Wildman–Crippen MR) is 143 cm³/mol. The van der Waals surface area contributed by atoms with E-state index < -0.39 is 0 Å². The minimum atomic E-state index is -0.150. The van der Waals surface area contributed by atoms with E-state index in [1.165, 1.54) is 5.56 Å². The van der Waals surface area contributed by atoms with Gasteiger partial charge in [-0.1, -0.05) is 0 Å². The molecule has 2 fully saturated rings. The van der Waals surface area contributed by atoms with E-state index >= 15 is 0 Å². The molecule has 194 valence electrons. The van der Waals surface area contributed by atoms with Gasteiger partial charge in [-0.25, -0.2) is 0 Å². The van der Waals surface area contributed by atoms with Gasteiger partial charge in [0.15, 0.2) is 0 Å². The Balaban J connectivity index is 1.32. The Hall–Kier alpha value is -3.43. The van der Waals surface area contributed by atoms with Crippen LogP contribution in [0.5, 0.6) is 0 Å². The van der Waals surface area contributed by atoms with Crippen molar-refractivity contribution >= 4 is 27.7 Å². The third kappa shape index (κ3) is 4.36. The van der Waals surface area contributed by atoms with E-state index in [9.17, 15) is 9.59 Å². The number of piperazine rings is 1. The van der Waals surface area contributed by atoms with Crippen molar-refractivity contribution < 1.29 is 9.53 Å². The Morgan fingerprint density at radius 2 is 2.00 bits per heavy atom. The first-order valence-corrected chi connectivity index (χ1v) is 13.1. The molecule has 2 aliphatic rings. The molecule has 2 aliphatic heterocycles. The average Bonchev–Trinajstić information content (AvgIpc) is 3.52. The molecule has 1 aromatic carbocycles. The second-order valence-electron chi connectivity index (χ2n) is 10.6. The molecule has 4 aromatic rings. The van der Waals surface area contributed by atoms with Crippen molar-refractivity contribution in [1.29, 1.82) is 0 Å². The number of aromatic amines is 1. The van der Waals surface area contributed by atoms with Gasteiger partial charge in [0.25, 0.3) is 11.5 Å². The highest BCUT2D eigenvalue weighted by Gasteiger charge is 2.29. The number of ether oxygens (including phenoxy) is 1. The summed E-state index contributed by atoms with van der Waals surface area (Å²) in [5.74, 6) is 0.0436. The normalized spacial score (nSPS) is 19.8. The van der Waals surface area contributed by atoms with E-state index in [4.69, 9.17) is 4.74 Å². The quantitative estimate of drug-likeness (QED) is 0.463. The molecule has 9 heteroatoms. The summed E-state index contributed by atoms with van der Waals surface area (Å²) in [6, 6.07) is 6.48. The van der Waals surface area contributed by atoms with Crippen LogP contribution in [0.1, 0.15) is 47.3 Å². The maximum absolute atomic E-state index is 13.8. The van der Waals surface area contributed by atoms with Crippen LogP contribution in [0.15, 0.2) is 41.6 Å². The van der Waals surface area contributed by atoms with Crippen LogP contribution in [0.4, 0.5) is 0 Å². The molecular formula is C28H34N6O3. The minimum Gasteiger partial charge on any atom is -0.381 e. The highest BCUT2D eigenvalue weighted by atomic mass is 16.5. The predicted octanol–water partition coefficient (Wildman–Crippen LogP) is 3.22. The average molecular weight is 503 g/mol. The molecular weight excluding hydrogens is 468 g/mol. The maximum Gasteiger partial charge on any atom is 0.259 e. The van der Waals surface area contributed by atoms with E-state index in [-0.39, 0.29) is 23.6 Å². The van der Waals surface area contributed by atoms with E-state index in [0.29, 0.717) is 37.3 Å². The Labute approximate surface area is 215 Å². The molecule has 1 N–H and O–H groups in total. The Kier molecular flexibility index (Phi) is 6.12. The van der Waals surface area contributed by atoms with E-state index in [1.54, 1.807) is 6.20 Å². The standard InChI is InChI=1S/C28H34N6O3/c1-18-12-25-23(26-24(27(35)30-25)14-29-34(26)21-5-10-37-11-6-21)13-22(18)28(36)33-9-8-32(19(2)15-33)17-20-4-7-31(3)16-20/h4,7,12-14,16,19,21H,5-6,8-11,15,17H2,1-3H3,(H,30,35)/t19-/m0/s1. The number of aromatic nitrogens is 4. The summed E-state index contributed by atoms with van der Waals surface area (Å²) >= 11 is 0. The molecule has 1 amide bonds. The molecule has 6 rings (SSSR count). The van der Waals surface area contributed by atoms with Crippen molar-refractivity contribution in [3.63, 3.8) is 0 Å². The lowest BCUT2D eigenvalue weighted by Crippen LogP contribution is -2.53. The summed E-state index contributed by atoms with van der Waals surface area (Å²) in [5.41, 5.74) is 4.23. The molecule has 0 bridgehead atoms. The molecule has 3 aromatic heterocycles. The van der Waals surface area contributed by atoms with E-state index in [0.717, 1.165) is 47.9 Å². The number of benzene rings is 1. The van der Waals surface area contributed by atoms with Gasteiger partial charge in [-0.2, -0.15) is 5.10 Å². The highest BCUT2D eigenvalue weighted by Crippen LogP contribution is 2.30. The zero-order valence-corrected chi connectivity index (χ0v) is 21.7. The zero-order chi connectivity index (χ0) is 25.7. The molecule has 5 heterocycles. The van der Waals surface area contributed by atoms with Gasteiger partial charge in [0.1, 0.15) is 0 Å². The van der Waals surface area contributed by atoms with Crippen molar-refractivity contribution in [3.05, 3.63) is 63.8 Å². The number of pyridine rings is 1. The molecule has 1 atom stereocenters. The zero-order valence-electron chi connectivity index (χ0n) is 21.7. The molecule has 9 nitrogen and oxygen atoms in total. The second-order valence-corrected chi connectivity index (χ2v) is 10.6. The lowest BCUT2D eigenvalue weighted by atomic mass is 10.0. The fourth-order valence-corrected chi connectivity index (χ4v) is 5.90. The third-order valence-corrected chi connectivity index (χ3v) is 8.01. The number of hydrogen-bond donors (Lipinski definition) is 1. The van der Waals surface area contributed by atoms with Crippen molar-refractivity contribution in [2.45, 2.75) is 45.3 Å². The molecule has 0 spiro atoms.